The first-order valence-corrected chi connectivity index (χ1v) is 26.7. The van der Waals surface area contributed by atoms with Crippen LogP contribution in [0.3, 0.4) is 0 Å². The van der Waals surface area contributed by atoms with Crippen LogP contribution in [0.5, 0.6) is 0 Å². The average molecular weight is 1040 g/mol. The van der Waals surface area contributed by atoms with Gasteiger partial charge < -0.3 is 31.3 Å². The van der Waals surface area contributed by atoms with Crippen LogP contribution in [0.25, 0.3) is 0 Å². The molecule has 21 heteroatoms. The molecule has 2 saturated heterocycles. The number of sulfonamides is 2. The van der Waals surface area contributed by atoms with Crippen LogP contribution in [-0.2, 0) is 48.5 Å². The minimum atomic E-state index is -3.53. The Hall–Kier alpha value is -3.38. The van der Waals surface area contributed by atoms with Crippen molar-refractivity contribution < 1.29 is 67.9 Å². The molecule has 15 nitrogen and oxygen atoms in total. The van der Waals surface area contributed by atoms with E-state index in [4.69, 9.17) is 16.3 Å². The number of benzene rings is 2. The molecule has 3 N–H and O–H groups in total. The van der Waals surface area contributed by atoms with Crippen molar-refractivity contribution in [1.29, 1.82) is 0 Å². The van der Waals surface area contributed by atoms with Crippen LogP contribution in [0.4, 0.5) is 11.4 Å². The summed E-state index contributed by atoms with van der Waals surface area (Å²) in [6.45, 7) is 10.00. The van der Waals surface area contributed by atoms with Gasteiger partial charge in [-0.05, 0) is 97.6 Å². The van der Waals surface area contributed by atoms with Gasteiger partial charge in [0.2, 0.25) is 0 Å². The first-order chi connectivity index (χ1) is 31.9. The Kier molecular flexibility index (Phi) is 20.5. The molecule has 0 radical (unpaired) electrons. The van der Waals surface area contributed by atoms with Gasteiger partial charge in [0, 0.05) is 81.6 Å². The van der Waals surface area contributed by atoms with Crippen LogP contribution in [0.2, 0.25) is 0 Å². The largest absolute Gasteiger partial charge is 1.00 e. The monoisotopic (exact) mass is 1040 g/mol. The molecule has 6 heterocycles. The van der Waals surface area contributed by atoms with Gasteiger partial charge >= 0.3 is 29.6 Å². The summed E-state index contributed by atoms with van der Waals surface area (Å²) in [4.78, 5) is 16.0. The van der Waals surface area contributed by atoms with Gasteiger partial charge in [-0.1, -0.05) is 42.5 Å². The second kappa shape index (κ2) is 25.1. The van der Waals surface area contributed by atoms with Crippen LogP contribution >= 0.6 is 34.3 Å². The van der Waals surface area contributed by atoms with E-state index in [1.165, 1.54) is 27.0 Å². The minimum Gasteiger partial charge on any atom is -1.00 e. The standard InChI is InChI=1S/C24H29N3O4S2.C18H24N2O4S2.C5H5ClN2.Na.H/c1-24(2,28)20-7-9-21(10-8-20)27-13-12-26(33(29,30)23-6-4-14-32-23)16-22(27)18-31-17-19-5-3-11-25-15-19;1-18(2,22)14-5-7-15(8-6-14)20-10-9-19(12-16(20)13-21)26(23,24)17-4-3-11-25-17;6-3-5-4-7-1-2-8-5;;/h3-11,14-15,22,28H,12-13,16-18H2,1-2H3;3-8,11,16,21-22H,9-10,12-13H2,1-2H3;1-2,4H,3H2;;/q;;;+1;-1. The number of hydrogen-bond donors (Lipinski definition) is 3. The maximum Gasteiger partial charge on any atom is 1.00 e. The van der Waals surface area contributed by atoms with E-state index in [-0.39, 0.29) is 56.2 Å². The molecule has 0 spiro atoms. The summed E-state index contributed by atoms with van der Waals surface area (Å²) >= 11 is 7.86. The van der Waals surface area contributed by atoms with Crippen molar-refractivity contribution in [3.63, 3.8) is 0 Å². The summed E-state index contributed by atoms with van der Waals surface area (Å²) in [6.07, 6.45) is 8.37. The van der Waals surface area contributed by atoms with Gasteiger partial charge in [0.25, 0.3) is 20.0 Å². The van der Waals surface area contributed by atoms with Crippen molar-refractivity contribution in [1.82, 2.24) is 23.6 Å². The number of aliphatic hydroxyl groups excluding tert-OH is 1. The fourth-order valence-corrected chi connectivity index (χ4v) is 12.8. The van der Waals surface area contributed by atoms with E-state index in [0.717, 1.165) is 33.8 Å². The van der Waals surface area contributed by atoms with Gasteiger partial charge in [-0.15, -0.1) is 34.3 Å². The Balaban J connectivity index is 0.000000257. The Labute approximate surface area is 436 Å². The second-order valence-corrected chi connectivity index (χ2v) is 23.4. The SMILES string of the molecule is CC(C)(O)c1ccc(N2CCN(S(=O)(=O)c3cccs3)CC2CO)cc1.CC(C)(O)c1ccc(N2CCN(S(=O)(=O)c3cccs3)CC2COCc2cccnc2)cc1.ClCc1cnccn1.[H-].[Na+]. The molecular formula is C47H59ClN7NaO8S4. The quantitative estimate of drug-likeness (QED) is 0.106. The van der Waals surface area contributed by atoms with E-state index in [9.17, 15) is 32.2 Å². The van der Waals surface area contributed by atoms with E-state index in [1.54, 1.807) is 98.0 Å². The molecule has 68 heavy (non-hydrogen) atoms. The predicted molar refractivity (Wildman–Crippen MR) is 265 cm³/mol. The number of aliphatic hydroxyl groups is 3. The third kappa shape index (κ3) is 14.8. The zero-order valence-electron chi connectivity index (χ0n) is 39.9. The van der Waals surface area contributed by atoms with Crippen molar-refractivity contribution in [2.45, 2.75) is 71.9 Å². The smallest absolute Gasteiger partial charge is 1.00 e. The number of halogens is 1. The molecule has 0 amide bonds. The average Bonchev–Trinajstić information content (AvgIpc) is 4.10. The number of thiophene rings is 2. The second-order valence-electron chi connectivity index (χ2n) is 16.9. The van der Waals surface area contributed by atoms with Crippen LogP contribution in [0, 0.1) is 0 Å². The van der Waals surface area contributed by atoms with Gasteiger partial charge in [0.05, 0.1) is 54.7 Å². The van der Waals surface area contributed by atoms with E-state index in [0.29, 0.717) is 60.2 Å². The Morgan fingerprint density at radius 3 is 1.59 bits per heavy atom. The summed E-state index contributed by atoms with van der Waals surface area (Å²) in [5, 5.41) is 33.7. The third-order valence-electron chi connectivity index (χ3n) is 11.1. The number of pyridine rings is 1. The van der Waals surface area contributed by atoms with E-state index >= 15 is 0 Å². The number of ether oxygens (including phenoxy) is 1. The Morgan fingerprint density at radius 2 is 1.19 bits per heavy atom. The molecule has 2 aliphatic heterocycles. The van der Waals surface area contributed by atoms with Gasteiger partial charge in [0.1, 0.15) is 8.42 Å². The van der Waals surface area contributed by atoms with Crippen molar-refractivity contribution >= 4 is 65.7 Å². The molecule has 0 saturated carbocycles. The maximum atomic E-state index is 13.1. The molecule has 0 bridgehead atoms. The zero-order valence-corrected chi connectivity index (χ0v) is 44.9. The van der Waals surface area contributed by atoms with Crippen molar-refractivity contribution in [2.75, 3.05) is 62.3 Å². The molecule has 2 fully saturated rings. The molecule has 6 aromatic rings. The van der Waals surface area contributed by atoms with Crippen LogP contribution in [0.15, 0.2) is 135 Å². The molecule has 362 valence electrons. The number of rotatable bonds is 14. The van der Waals surface area contributed by atoms with Gasteiger partial charge in [0.15, 0.2) is 0 Å². The van der Waals surface area contributed by atoms with Crippen LogP contribution in [-0.4, -0.2) is 120 Å². The first-order valence-electron chi connectivity index (χ1n) is 21.6. The number of aromatic nitrogens is 3. The normalized spacial score (nSPS) is 17.3. The summed E-state index contributed by atoms with van der Waals surface area (Å²) in [5.74, 6) is 0.438. The molecule has 2 aliphatic rings. The number of hydrogen-bond acceptors (Lipinski definition) is 15. The number of alkyl halides is 1. The summed E-state index contributed by atoms with van der Waals surface area (Å²) in [6, 6.07) is 25.4. The van der Waals surface area contributed by atoms with Crippen LogP contribution < -0.4 is 39.4 Å². The van der Waals surface area contributed by atoms with E-state index < -0.39 is 31.2 Å². The summed E-state index contributed by atoms with van der Waals surface area (Å²) in [5.41, 5.74) is 3.47. The molecule has 2 unspecified atom stereocenters. The number of anilines is 2. The van der Waals surface area contributed by atoms with Gasteiger partial charge in [-0.3, -0.25) is 15.0 Å². The molecular weight excluding hydrogens is 977 g/mol. The van der Waals surface area contributed by atoms with E-state index in [1.807, 2.05) is 65.6 Å². The van der Waals surface area contributed by atoms with Crippen molar-refractivity contribution in [3.05, 3.63) is 149 Å². The summed E-state index contributed by atoms with van der Waals surface area (Å²) < 4.78 is 61.4. The maximum absolute atomic E-state index is 13.1. The van der Waals surface area contributed by atoms with Crippen LogP contribution in [0.1, 0.15) is 51.5 Å². The predicted octanol–water partition coefficient (Wildman–Crippen LogP) is 3.65. The molecule has 8 rings (SSSR count). The van der Waals surface area contributed by atoms with Crippen molar-refractivity contribution in [3.8, 4) is 0 Å². The topological polar surface area (TPSA) is 190 Å². The van der Waals surface area contributed by atoms with Gasteiger partial charge in [-0.25, -0.2) is 16.8 Å². The number of nitrogens with zero attached hydrogens (tertiary/aromatic N) is 7. The van der Waals surface area contributed by atoms with Gasteiger partial charge in [-0.2, -0.15) is 8.61 Å². The summed E-state index contributed by atoms with van der Waals surface area (Å²) in [7, 11) is -7.05. The Bertz CT molecular complexity index is 2640. The van der Waals surface area contributed by atoms with Crippen molar-refractivity contribution in [2.24, 2.45) is 0 Å². The molecule has 0 aliphatic carbocycles. The van der Waals surface area contributed by atoms with E-state index in [2.05, 4.69) is 19.9 Å². The zero-order chi connectivity index (χ0) is 48.2. The molecule has 4 aromatic heterocycles. The minimum absolute atomic E-state index is 0. The first kappa shape index (κ1) is 55.5. The number of piperazine rings is 2. The fourth-order valence-electron chi connectivity index (χ4n) is 7.46. The third-order valence-corrected chi connectivity index (χ3v) is 17.9. The Morgan fingerprint density at radius 1 is 0.691 bits per heavy atom. The molecule has 2 aromatic carbocycles. The molecule has 2 atom stereocenters. The fraction of sp³-hybridized carbons (Fsp3) is 0.383.